The first kappa shape index (κ1) is 18.3. The molecule has 0 aliphatic heterocycles. The van der Waals surface area contributed by atoms with E-state index < -0.39 is 0 Å². The Kier molecular flexibility index (Phi) is 5.82. The molecule has 24 heavy (non-hydrogen) atoms. The van der Waals surface area contributed by atoms with Crippen molar-refractivity contribution in [1.29, 1.82) is 0 Å². The van der Waals surface area contributed by atoms with Crippen molar-refractivity contribution in [3.8, 4) is 0 Å². The van der Waals surface area contributed by atoms with Crippen molar-refractivity contribution >= 4 is 5.91 Å². The third-order valence-corrected chi connectivity index (χ3v) is 4.45. The van der Waals surface area contributed by atoms with Gasteiger partial charge in [0.05, 0.1) is 12.5 Å². The van der Waals surface area contributed by atoms with Crippen molar-refractivity contribution in [2.24, 2.45) is 0 Å². The SMILES string of the molecule is CCc1ccc(CC(=O)N[C@H](C)c2ccc(C(C)(C)C)cc2)cc1. The zero-order chi connectivity index (χ0) is 17.7. The number of carbonyl (C=O) groups is 1. The van der Waals surface area contributed by atoms with E-state index in [9.17, 15) is 4.79 Å². The highest BCUT2D eigenvalue weighted by Crippen LogP contribution is 2.23. The predicted octanol–water partition coefficient (Wildman–Crippen LogP) is 4.97. The van der Waals surface area contributed by atoms with Gasteiger partial charge >= 0.3 is 0 Å². The molecule has 0 unspecified atom stereocenters. The van der Waals surface area contributed by atoms with E-state index in [1.54, 1.807) is 0 Å². The van der Waals surface area contributed by atoms with Crippen LogP contribution in [0.2, 0.25) is 0 Å². The summed E-state index contributed by atoms with van der Waals surface area (Å²) in [6.07, 6.45) is 1.45. The standard InChI is InChI=1S/C22H29NO/c1-6-17-7-9-18(10-8-17)15-21(24)23-16(2)19-11-13-20(14-12-19)22(3,4)5/h7-14,16H,6,15H2,1-5H3,(H,23,24)/t16-/m1/s1. The Labute approximate surface area is 146 Å². The molecule has 0 heterocycles. The van der Waals surface area contributed by atoms with E-state index in [0.717, 1.165) is 17.5 Å². The zero-order valence-electron chi connectivity index (χ0n) is 15.5. The monoisotopic (exact) mass is 323 g/mol. The minimum atomic E-state index is 0.0152. The molecule has 0 aliphatic rings. The van der Waals surface area contributed by atoms with Gasteiger partial charge in [-0.3, -0.25) is 4.79 Å². The average Bonchev–Trinajstić information content (AvgIpc) is 2.54. The number of aryl methyl sites for hydroxylation is 1. The highest BCUT2D eigenvalue weighted by molar-refractivity contribution is 5.79. The van der Waals surface area contributed by atoms with E-state index in [0.29, 0.717) is 6.42 Å². The van der Waals surface area contributed by atoms with Gasteiger partial charge in [-0.1, -0.05) is 76.2 Å². The van der Waals surface area contributed by atoms with Crippen molar-refractivity contribution in [3.05, 3.63) is 70.8 Å². The van der Waals surface area contributed by atoms with Crippen LogP contribution >= 0.6 is 0 Å². The molecule has 2 nitrogen and oxygen atoms in total. The Morgan fingerprint density at radius 1 is 0.958 bits per heavy atom. The Morgan fingerprint density at radius 3 is 2.00 bits per heavy atom. The quantitative estimate of drug-likeness (QED) is 0.827. The summed E-state index contributed by atoms with van der Waals surface area (Å²) >= 11 is 0. The summed E-state index contributed by atoms with van der Waals surface area (Å²) in [5, 5.41) is 3.09. The molecule has 0 spiro atoms. The van der Waals surface area contributed by atoms with Crippen LogP contribution in [0.15, 0.2) is 48.5 Å². The smallest absolute Gasteiger partial charge is 0.224 e. The van der Waals surface area contributed by atoms with Crippen LogP contribution in [-0.2, 0) is 23.1 Å². The van der Waals surface area contributed by atoms with Gasteiger partial charge in [0.25, 0.3) is 0 Å². The zero-order valence-corrected chi connectivity index (χ0v) is 15.5. The van der Waals surface area contributed by atoms with E-state index in [2.05, 4.69) is 69.4 Å². The van der Waals surface area contributed by atoms with Gasteiger partial charge < -0.3 is 5.32 Å². The van der Waals surface area contributed by atoms with Gasteiger partial charge in [0.2, 0.25) is 5.91 Å². The van der Waals surface area contributed by atoms with Gasteiger partial charge in [0.1, 0.15) is 0 Å². The third-order valence-electron chi connectivity index (χ3n) is 4.45. The number of carbonyl (C=O) groups excluding carboxylic acids is 1. The Morgan fingerprint density at radius 2 is 1.50 bits per heavy atom. The van der Waals surface area contributed by atoms with Gasteiger partial charge in [-0.2, -0.15) is 0 Å². The molecule has 0 fully saturated rings. The number of nitrogens with one attached hydrogen (secondary N) is 1. The molecule has 1 amide bonds. The lowest BCUT2D eigenvalue weighted by Crippen LogP contribution is -2.28. The molecule has 0 bridgehead atoms. The minimum Gasteiger partial charge on any atom is -0.349 e. The van der Waals surface area contributed by atoms with Crippen molar-refractivity contribution in [2.45, 2.75) is 58.9 Å². The number of hydrogen-bond acceptors (Lipinski definition) is 1. The lowest BCUT2D eigenvalue weighted by Gasteiger charge is -2.20. The van der Waals surface area contributed by atoms with Crippen molar-refractivity contribution in [3.63, 3.8) is 0 Å². The van der Waals surface area contributed by atoms with E-state index in [1.807, 2.05) is 19.1 Å². The molecule has 0 aliphatic carbocycles. The maximum absolute atomic E-state index is 12.3. The maximum Gasteiger partial charge on any atom is 0.224 e. The van der Waals surface area contributed by atoms with Crippen molar-refractivity contribution in [2.75, 3.05) is 0 Å². The van der Waals surface area contributed by atoms with Crippen LogP contribution in [0.4, 0.5) is 0 Å². The van der Waals surface area contributed by atoms with E-state index in [-0.39, 0.29) is 17.4 Å². The second-order valence-electron chi connectivity index (χ2n) is 7.51. The first-order chi connectivity index (χ1) is 11.3. The van der Waals surface area contributed by atoms with Crippen LogP contribution in [0.1, 0.15) is 62.9 Å². The first-order valence-electron chi connectivity index (χ1n) is 8.77. The number of rotatable bonds is 5. The van der Waals surface area contributed by atoms with Crippen LogP contribution in [0.25, 0.3) is 0 Å². The summed E-state index contributed by atoms with van der Waals surface area (Å²) in [6, 6.07) is 16.8. The average molecular weight is 323 g/mol. The highest BCUT2D eigenvalue weighted by Gasteiger charge is 2.15. The summed E-state index contributed by atoms with van der Waals surface area (Å²) < 4.78 is 0. The van der Waals surface area contributed by atoms with E-state index in [1.165, 1.54) is 11.1 Å². The fourth-order valence-corrected chi connectivity index (χ4v) is 2.73. The molecule has 0 aromatic heterocycles. The molecule has 0 saturated heterocycles. The lowest BCUT2D eigenvalue weighted by atomic mass is 9.86. The molecule has 2 heteroatoms. The maximum atomic E-state index is 12.3. The fourth-order valence-electron chi connectivity index (χ4n) is 2.73. The normalized spacial score (nSPS) is 12.7. The first-order valence-corrected chi connectivity index (χ1v) is 8.77. The molecule has 2 aromatic rings. The number of amides is 1. The second kappa shape index (κ2) is 7.65. The molecule has 0 radical (unpaired) electrons. The lowest BCUT2D eigenvalue weighted by molar-refractivity contribution is -0.121. The van der Waals surface area contributed by atoms with Crippen molar-refractivity contribution in [1.82, 2.24) is 5.32 Å². The Bertz CT molecular complexity index is 663. The van der Waals surface area contributed by atoms with Crippen LogP contribution in [0, 0.1) is 0 Å². The van der Waals surface area contributed by atoms with Crippen LogP contribution in [-0.4, -0.2) is 5.91 Å². The molecule has 2 rings (SSSR count). The minimum absolute atomic E-state index is 0.0152. The Balaban J connectivity index is 1.95. The van der Waals surface area contributed by atoms with Gasteiger partial charge in [0.15, 0.2) is 0 Å². The molecular weight excluding hydrogens is 294 g/mol. The topological polar surface area (TPSA) is 29.1 Å². The third kappa shape index (κ3) is 4.95. The van der Waals surface area contributed by atoms with Crippen LogP contribution in [0.5, 0.6) is 0 Å². The molecule has 0 saturated carbocycles. The van der Waals surface area contributed by atoms with Gasteiger partial charge in [-0.25, -0.2) is 0 Å². The van der Waals surface area contributed by atoms with Gasteiger partial charge in [-0.05, 0) is 41.0 Å². The summed E-state index contributed by atoms with van der Waals surface area (Å²) in [6.45, 7) is 10.8. The van der Waals surface area contributed by atoms with E-state index >= 15 is 0 Å². The van der Waals surface area contributed by atoms with Gasteiger partial charge in [0, 0.05) is 0 Å². The molecule has 1 atom stereocenters. The van der Waals surface area contributed by atoms with E-state index in [4.69, 9.17) is 0 Å². The summed E-state index contributed by atoms with van der Waals surface area (Å²) in [4.78, 5) is 12.3. The van der Waals surface area contributed by atoms with Crippen LogP contribution in [0.3, 0.4) is 0 Å². The molecule has 128 valence electrons. The number of benzene rings is 2. The second-order valence-corrected chi connectivity index (χ2v) is 7.51. The fraction of sp³-hybridized carbons (Fsp3) is 0.409. The highest BCUT2D eigenvalue weighted by atomic mass is 16.1. The largest absolute Gasteiger partial charge is 0.349 e. The van der Waals surface area contributed by atoms with Crippen LogP contribution < -0.4 is 5.32 Å². The molecular formula is C22H29NO. The molecule has 1 N–H and O–H groups in total. The molecule has 2 aromatic carbocycles. The van der Waals surface area contributed by atoms with Gasteiger partial charge in [-0.15, -0.1) is 0 Å². The summed E-state index contributed by atoms with van der Waals surface area (Å²) in [5.41, 5.74) is 4.94. The summed E-state index contributed by atoms with van der Waals surface area (Å²) in [7, 11) is 0. The summed E-state index contributed by atoms with van der Waals surface area (Å²) in [5.74, 6) is 0.0617. The number of hydrogen-bond donors (Lipinski definition) is 1. The predicted molar refractivity (Wildman–Crippen MR) is 101 cm³/mol. The Hall–Kier alpha value is -2.09. The van der Waals surface area contributed by atoms with Crippen molar-refractivity contribution < 1.29 is 4.79 Å².